The minimum Gasteiger partial charge on any atom is -0.349 e. The summed E-state index contributed by atoms with van der Waals surface area (Å²) in [6.07, 6.45) is 7.28. The largest absolute Gasteiger partial charge is 0.349 e. The second-order valence-electron chi connectivity index (χ2n) is 6.57. The third-order valence-corrected chi connectivity index (χ3v) is 4.62. The molecule has 1 aliphatic carbocycles. The minimum atomic E-state index is -0.245. The third kappa shape index (κ3) is 4.36. The molecule has 24 heavy (non-hydrogen) atoms. The van der Waals surface area contributed by atoms with Crippen molar-refractivity contribution < 1.29 is 4.79 Å². The van der Waals surface area contributed by atoms with E-state index in [1.54, 1.807) is 0 Å². The second kappa shape index (κ2) is 7.81. The molecule has 1 aliphatic rings. The SMILES string of the molecule is CC(CN)(NC(=O)CCc1cnn(-c2ccccc2)c1)C1CC1.Cl. The summed E-state index contributed by atoms with van der Waals surface area (Å²) in [5.74, 6) is 0.606. The van der Waals surface area contributed by atoms with Gasteiger partial charge in [0.25, 0.3) is 0 Å². The number of rotatable bonds is 7. The molecule has 0 aliphatic heterocycles. The number of nitrogens with zero attached hydrogens (tertiary/aromatic N) is 2. The Morgan fingerprint density at radius 3 is 2.71 bits per heavy atom. The van der Waals surface area contributed by atoms with Crippen molar-refractivity contribution >= 4 is 18.3 Å². The maximum atomic E-state index is 12.2. The fourth-order valence-electron chi connectivity index (χ4n) is 2.89. The lowest BCUT2D eigenvalue weighted by atomic mass is 9.95. The van der Waals surface area contributed by atoms with Gasteiger partial charge in [-0.3, -0.25) is 4.79 Å². The van der Waals surface area contributed by atoms with Gasteiger partial charge in [-0.05, 0) is 49.8 Å². The fraction of sp³-hybridized carbons (Fsp3) is 0.444. The van der Waals surface area contributed by atoms with Gasteiger partial charge in [0.2, 0.25) is 5.91 Å². The molecule has 0 radical (unpaired) electrons. The Kier molecular flexibility index (Phi) is 6.02. The molecule has 0 bridgehead atoms. The highest BCUT2D eigenvalue weighted by Gasteiger charge is 2.41. The van der Waals surface area contributed by atoms with E-state index < -0.39 is 0 Å². The molecular formula is C18H25ClN4O. The Balaban J connectivity index is 0.00000208. The number of carbonyl (C=O) groups excluding carboxylic acids is 1. The second-order valence-corrected chi connectivity index (χ2v) is 6.57. The lowest BCUT2D eigenvalue weighted by Crippen LogP contribution is -2.53. The number of nitrogens with one attached hydrogen (secondary N) is 1. The van der Waals surface area contributed by atoms with Crippen LogP contribution in [-0.2, 0) is 11.2 Å². The summed E-state index contributed by atoms with van der Waals surface area (Å²) >= 11 is 0. The molecular weight excluding hydrogens is 324 g/mol. The van der Waals surface area contributed by atoms with Crippen LogP contribution < -0.4 is 11.1 Å². The number of benzene rings is 1. The van der Waals surface area contributed by atoms with Crippen LogP contribution in [-0.4, -0.2) is 27.8 Å². The minimum absolute atomic E-state index is 0. The van der Waals surface area contributed by atoms with Gasteiger partial charge >= 0.3 is 0 Å². The summed E-state index contributed by atoms with van der Waals surface area (Å²) in [6.45, 7) is 2.55. The van der Waals surface area contributed by atoms with Crippen LogP contribution in [0.25, 0.3) is 5.69 Å². The number of aryl methyl sites for hydroxylation is 1. The van der Waals surface area contributed by atoms with Gasteiger partial charge in [-0.25, -0.2) is 4.68 Å². The van der Waals surface area contributed by atoms with Gasteiger partial charge < -0.3 is 11.1 Å². The summed E-state index contributed by atoms with van der Waals surface area (Å²) in [4.78, 5) is 12.2. The molecule has 0 spiro atoms. The molecule has 1 unspecified atom stereocenters. The Labute approximate surface area is 149 Å². The Morgan fingerprint density at radius 2 is 2.08 bits per heavy atom. The number of amides is 1. The Hall–Kier alpha value is -1.85. The zero-order chi connectivity index (χ0) is 16.3. The van der Waals surface area contributed by atoms with E-state index >= 15 is 0 Å². The number of aromatic nitrogens is 2. The first-order chi connectivity index (χ1) is 11.1. The van der Waals surface area contributed by atoms with Crippen LogP contribution in [0.1, 0.15) is 31.7 Å². The number of hydrogen-bond donors (Lipinski definition) is 2. The predicted molar refractivity (Wildman–Crippen MR) is 97.5 cm³/mol. The number of nitrogens with two attached hydrogens (primary N) is 1. The molecule has 130 valence electrons. The highest BCUT2D eigenvalue weighted by molar-refractivity contribution is 5.85. The third-order valence-electron chi connectivity index (χ3n) is 4.62. The monoisotopic (exact) mass is 348 g/mol. The zero-order valence-corrected chi connectivity index (χ0v) is 14.8. The Morgan fingerprint density at radius 1 is 1.38 bits per heavy atom. The highest BCUT2D eigenvalue weighted by Crippen LogP contribution is 2.38. The fourth-order valence-corrected chi connectivity index (χ4v) is 2.89. The Bertz CT molecular complexity index is 669. The van der Waals surface area contributed by atoms with Crippen molar-refractivity contribution in [3.63, 3.8) is 0 Å². The number of halogens is 1. The quantitative estimate of drug-likeness (QED) is 0.807. The standard InChI is InChI=1S/C18H24N4O.ClH/c1-18(13-19,15-8-9-15)21-17(23)10-7-14-11-20-22(12-14)16-5-3-2-4-6-16;/h2-6,11-12,15H,7-10,13,19H2,1H3,(H,21,23);1H. The van der Waals surface area contributed by atoms with E-state index in [2.05, 4.69) is 17.3 Å². The molecule has 1 aromatic heterocycles. The average molecular weight is 349 g/mol. The van der Waals surface area contributed by atoms with E-state index in [1.165, 1.54) is 0 Å². The first kappa shape index (κ1) is 18.5. The molecule has 3 N–H and O–H groups in total. The molecule has 3 rings (SSSR count). The summed E-state index contributed by atoms with van der Waals surface area (Å²) in [7, 11) is 0. The van der Waals surface area contributed by atoms with Gasteiger partial charge in [-0.2, -0.15) is 5.10 Å². The van der Waals surface area contributed by atoms with Crippen LogP contribution in [0.2, 0.25) is 0 Å². The van der Waals surface area contributed by atoms with E-state index in [9.17, 15) is 4.79 Å². The normalized spacial score (nSPS) is 16.1. The van der Waals surface area contributed by atoms with Crippen molar-refractivity contribution in [1.82, 2.24) is 15.1 Å². The van der Waals surface area contributed by atoms with E-state index in [-0.39, 0.29) is 23.9 Å². The summed E-state index contributed by atoms with van der Waals surface area (Å²) < 4.78 is 1.83. The average Bonchev–Trinajstić information content (AvgIpc) is 3.33. The zero-order valence-electron chi connectivity index (χ0n) is 13.9. The van der Waals surface area contributed by atoms with Crippen molar-refractivity contribution in [1.29, 1.82) is 0 Å². The predicted octanol–water partition coefficient (Wildman–Crippen LogP) is 2.47. The van der Waals surface area contributed by atoms with Gasteiger partial charge in [-0.1, -0.05) is 18.2 Å². The number of para-hydroxylation sites is 1. The summed E-state index contributed by atoms with van der Waals surface area (Å²) in [6, 6.07) is 9.95. The van der Waals surface area contributed by atoms with Crippen LogP contribution in [0, 0.1) is 5.92 Å². The smallest absolute Gasteiger partial charge is 0.220 e. The van der Waals surface area contributed by atoms with Crippen molar-refractivity contribution in [3.8, 4) is 5.69 Å². The molecule has 5 nitrogen and oxygen atoms in total. The van der Waals surface area contributed by atoms with Crippen LogP contribution in [0.3, 0.4) is 0 Å². The van der Waals surface area contributed by atoms with Crippen LogP contribution in [0.15, 0.2) is 42.7 Å². The van der Waals surface area contributed by atoms with Crippen molar-refractivity contribution in [2.24, 2.45) is 11.7 Å². The molecule has 2 aromatic rings. The summed E-state index contributed by atoms with van der Waals surface area (Å²) in [5.41, 5.74) is 7.68. The maximum absolute atomic E-state index is 12.2. The van der Waals surface area contributed by atoms with Crippen molar-refractivity contribution in [2.45, 2.75) is 38.1 Å². The molecule has 0 saturated heterocycles. The van der Waals surface area contributed by atoms with E-state index in [4.69, 9.17) is 5.73 Å². The van der Waals surface area contributed by atoms with E-state index in [1.807, 2.05) is 47.4 Å². The highest BCUT2D eigenvalue weighted by atomic mass is 35.5. The molecule has 1 amide bonds. The van der Waals surface area contributed by atoms with Crippen LogP contribution in [0.4, 0.5) is 0 Å². The first-order valence-electron chi connectivity index (χ1n) is 8.21. The van der Waals surface area contributed by atoms with Gasteiger partial charge in [0.15, 0.2) is 0 Å². The van der Waals surface area contributed by atoms with E-state index in [0.29, 0.717) is 25.3 Å². The molecule has 1 fully saturated rings. The maximum Gasteiger partial charge on any atom is 0.220 e. The number of hydrogen-bond acceptors (Lipinski definition) is 3. The lowest BCUT2D eigenvalue weighted by Gasteiger charge is -2.29. The van der Waals surface area contributed by atoms with Gasteiger partial charge in [0, 0.05) is 19.2 Å². The van der Waals surface area contributed by atoms with E-state index in [0.717, 1.165) is 24.1 Å². The lowest BCUT2D eigenvalue weighted by molar-refractivity contribution is -0.123. The van der Waals surface area contributed by atoms with Crippen molar-refractivity contribution in [2.75, 3.05) is 6.54 Å². The van der Waals surface area contributed by atoms with Gasteiger partial charge in [0.1, 0.15) is 0 Å². The summed E-state index contributed by atoms with van der Waals surface area (Å²) in [5, 5.41) is 7.48. The molecule has 1 heterocycles. The molecule has 6 heteroatoms. The number of carbonyl (C=O) groups is 1. The topological polar surface area (TPSA) is 72.9 Å². The molecule has 1 saturated carbocycles. The molecule has 1 atom stereocenters. The van der Waals surface area contributed by atoms with Crippen molar-refractivity contribution in [3.05, 3.63) is 48.3 Å². The van der Waals surface area contributed by atoms with Gasteiger partial charge in [0.05, 0.1) is 17.4 Å². The van der Waals surface area contributed by atoms with Crippen LogP contribution >= 0.6 is 12.4 Å². The van der Waals surface area contributed by atoms with Crippen LogP contribution in [0.5, 0.6) is 0 Å². The first-order valence-corrected chi connectivity index (χ1v) is 8.21. The molecule has 1 aromatic carbocycles. The van der Waals surface area contributed by atoms with Gasteiger partial charge in [-0.15, -0.1) is 12.4 Å².